The number of sulfonamides is 1. The molecule has 0 bridgehead atoms. The number of halogens is 1. The van der Waals surface area contributed by atoms with E-state index in [2.05, 4.69) is 5.32 Å². The average molecular weight is 405 g/mol. The Morgan fingerprint density at radius 3 is 2.29 bits per heavy atom. The highest BCUT2D eigenvalue weighted by Crippen LogP contribution is 2.22. The molecule has 1 amide bonds. The summed E-state index contributed by atoms with van der Waals surface area (Å²) in [5.41, 5.74) is 1.45. The van der Waals surface area contributed by atoms with E-state index in [0.717, 1.165) is 18.4 Å². The zero-order valence-electron chi connectivity index (χ0n) is 15.8. The molecule has 0 saturated carbocycles. The van der Waals surface area contributed by atoms with Crippen molar-refractivity contribution in [3.63, 3.8) is 0 Å². The van der Waals surface area contributed by atoms with Crippen LogP contribution in [-0.2, 0) is 21.4 Å². The minimum absolute atomic E-state index is 0.158. The van der Waals surface area contributed by atoms with Gasteiger partial charge < -0.3 is 5.32 Å². The van der Waals surface area contributed by atoms with Gasteiger partial charge in [0, 0.05) is 25.3 Å². The molecule has 0 unspecified atom stereocenters. The molecule has 1 heterocycles. The number of hydrogen-bond donors (Lipinski definition) is 1. The van der Waals surface area contributed by atoms with Crippen LogP contribution in [0.1, 0.15) is 18.4 Å². The largest absolute Gasteiger partial charge is 0.325 e. The first-order chi connectivity index (χ1) is 13.3. The molecular formula is C20H24FN3O3S. The molecule has 0 spiro atoms. The summed E-state index contributed by atoms with van der Waals surface area (Å²) in [7, 11) is -1.65. The van der Waals surface area contributed by atoms with Crippen molar-refractivity contribution in [3.8, 4) is 0 Å². The molecule has 0 atom stereocenters. The van der Waals surface area contributed by atoms with Crippen molar-refractivity contribution in [2.45, 2.75) is 24.3 Å². The third-order valence-corrected chi connectivity index (χ3v) is 6.53. The second-order valence-electron chi connectivity index (χ2n) is 6.98. The van der Waals surface area contributed by atoms with Crippen molar-refractivity contribution in [2.24, 2.45) is 0 Å². The van der Waals surface area contributed by atoms with Gasteiger partial charge in [0.1, 0.15) is 5.82 Å². The molecule has 1 aliphatic rings. The molecule has 3 rings (SSSR count). The molecule has 1 N–H and O–H groups in total. The Balaban J connectivity index is 1.54. The number of rotatable bonds is 7. The maximum atomic E-state index is 12.9. The fourth-order valence-electron chi connectivity index (χ4n) is 3.19. The smallest absolute Gasteiger partial charge is 0.243 e. The van der Waals surface area contributed by atoms with Crippen LogP contribution >= 0.6 is 0 Å². The number of benzene rings is 2. The summed E-state index contributed by atoms with van der Waals surface area (Å²) in [6.45, 7) is 1.79. The predicted octanol–water partition coefficient (Wildman–Crippen LogP) is 2.68. The molecule has 0 aliphatic carbocycles. The van der Waals surface area contributed by atoms with Gasteiger partial charge in [-0.2, -0.15) is 4.31 Å². The molecule has 2 aromatic rings. The summed E-state index contributed by atoms with van der Waals surface area (Å²) < 4.78 is 39.5. The SMILES string of the molecule is CN(CC(=O)Nc1ccc(S(=O)(=O)N2CCCC2)cc1)Cc1ccc(F)cc1. The molecule has 28 heavy (non-hydrogen) atoms. The third kappa shape index (κ3) is 5.15. The first-order valence-electron chi connectivity index (χ1n) is 9.18. The highest BCUT2D eigenvalue weighted by molar-refractivity contribution is 7.89. The van der Waals surface area contributed by atoms with E-state index in [1.165, 1.54) is 28.6 Å². The Hall–Kier alpha value is -2.29. The highest BCUT2D eigenvalue weighted by Gasteiger charge is 2.26. The van der Waals surface area contributed by atoms with E-state index in [4.69, 9.17) is 0 Å². The van der Waals surface area contributed by atoms with Crippen LogP contribution in [-0.4, -0.2) is 50.2 Å². The minimum Gasteiger partial charge on any atom is -0.325 e. The number of nitrogens with one attached hydrogen (secondary N) is 1. The van der Waals surface area contributed by atoms with Crippen LogP contribution in [0.5, 0.6) is 0 Å². The first kappa shape index (κ1) is 20.4. The Labute approximate surface area is 165 Å². The summed E-state index contributed by atoms with van der Waals surface area (Å²) in [4.78, 5) is 14.3. The molecule has 0 aromatic heterocycles. The van der Waals surface area contributed by atoms with Crippen LogP contribution in [0.15, 0.2) is 53.4 Å². The summed E-state index contributed by atoms with van der Waals surface area (Å²) in [5, 5.41) is 2.77. The van der Waals surface area contributed by atoms with Crippen LogP contribution in [0.25, 0.3) is 0 Å². The van der Waals surface area contributed by atoms with Gasteiger partial charge >= 0.3 is 0 Å². The van der Waals surface area contributed by atoms with E-state index >= 15 is 0 Å². The van der Waals surface area contributed by atoms with Gasteiger partial charge in [-0.25, -0.2) is 12.8 Å². The molecular weight excluding hydrogens is 381 g/mol. The summed E-state index contributed by atoms with van der Waals surface area (Å²) in [6, 6.07) is 12.4. The maximum Gasteiger partial charge on any atom is 0.243 e. The second kappa shape index (κ2) is 8.81. The van der Waals surface area contributed by atoms with Gasteiger partial charge in [-0.3, -0.25) is 9.69 Å². The maximum absolute atomic E-state index is 12.9. The van der Waals surface area contributed by atoms with E-state index in [1.54, 1.807) is 31.3 Å². The van der Waals surface area contributed by atoms with Gasteiger partial charge in [-0.05, 0) is 61.9 Å². The Bertz CT molecular complexity index is 909. The van der Waals surface area contributed by atoms with E-state index in [9.17, 15) is 17.6 Å². The number of carbonyl (C=O) groups is 1. The topological polar surface area (TPSA) is 69.7 Å². The number of amides is 1. The molecule has 1 saturated heterocycles. The van der Waals surface area contributed by atoms with Crippen LogP contribution < -0.4 is 5.32 Å². The second-order valence-corrected chi connectivity index (χ2v) is 8.92. The van der Waals surface area contributed by atoms with Crippen LogP contribution in [0, 0.1) is 5.82 Å². The van der Waals surface area contributed by atoms with Crippen LogP contribution in [0.2, 0.25) is 0 Å². The Morgan fingerprint density at radius 2 is 1.68 bits per heavy atom. The van der Waals surface area contributed by atoms with Crippen molar-refractivity contribution >= 4 is 21.6 Å². The molecule has 1 fully saturated rings. The average Bonchev–Trinajstić information content (AvgIpc) is 3.19. The molecule has 6 nitrogen and oxygen atoms in total. The van der Waals surface area contributed by atoms with Crippen molar-refractivity contribution in [2.75, 3.05) is 32.0 Å². The quantitative estimate of drug-likeness (QED) is 0.769. The summed E-state index contributed by atoms with van der Waals surface area (Å²) in [5.74, 6) is -0.501. The van der Waals surface area contributed by atoms with Crippen molar-refractivity contribution < 1.29 is 17.6 Å². The fourth-order valence-corrected chi connectivity index (χ4v) is 4.71. The fraction of sp³-hybridized carbons (Fsp3) is 0.350. The van der Waals surface area contributed by atoms with Crippen LogP contribution in [0.4, 0.5) is 10.1 Å². The minimum atomic E-state index is -3.45. The van der Waals surface area contributed by atoms with Gasteiger partial charge in [0.05, 0.1) is 11.4 Å². The molecule has 150 valence electrons. The van der Waals surface area contributed by atoms with E-state index in [-0.39, 0.29) is 23.2 Å². The Morgan fingerprint density at radius 1 is 1.07 bits per heavy atom. The molecule has 8 heteroatoms. The zero-order valence-corrected chi connectivity index (χ0v) is 16.6. The monoisotopic (exact) mass is 405 g/mol. The predicted molar refractivity (Wildman–Crippen MR) is 106 cm³/mol. The number of anilines is 1. The van der Waals surface area contributed by atoms with E-state index in [1.807, 2.05) is 4.90 Å². The molecule has 2 aromatic carbocycles. The van der Waals surface area contributed by atoms with Gasteiger partial charge in [0.15, 0.2) is 0 Å². The summed E-state index contributed by atoms with van der Waals surface area (Å²) >= 11 is 0. The lowest BCUT2D eigenvalue weighted by molar-refractivity contribution is -0.117. The third-order valence-electron chi connectivity index (χ3n) is 4.62. The lowest BCUT2D eigenvalue weighted by atomic mass is 10.2. The van der Waals surface area contributed by atoms with Gasteiger partial charge in [0.2, 0.25) is 15.9 Å². The number of nitrogens with zero attached hydrogens (tertiary/aromatic N) is 2. The molecule has 1 aliphatic heterocycles. The highest BCUT2D eigenvalue weighted by atomic mass is 32.2. The lowest BCUT2D eigenvalue weighted by Crippen LogP contribution is -2.30. The first-order valence-corrected chi connectivity index (χ1v) is 10.6. The van der Waals surface area contributed by atoms with Crippen molar-refractivity contribution in [1.82, 2.24) is 9.21 Å². The molecule has 0 radical (unpaired) electrons. The van der Waals surface area contributed by atoms with Gasteiger partial charge in [0.25, 0.3) is 0 Å². The number of carbonyl (C=O) groups excluding carboxylic acids is 1. The van der Waals surface area contributed by atoms with Crippen LogP contribution in [0.3, 0.4) is 0 Å². The van der Waals surface area contributed by atoms with Gasteiger partial charge in [-0.1, -0.05) is 12.1 Å². The van der Waals surface area contributed by atoms with E-state index in [0.29, 0.717) is 25.3 Å². The number of hydrogen-bond acceptors (Lipinski definition) is 4. The number of likely N-dealkylation sites (N-methyl/N-ethyl adjacent to an activating group) is 1. The zero-order chi connectivity index (χ0) is 20.1. The van der Waals surface area contributed by atoms with E-state index < -0.39 is 10.0 Å². The lowest BCUT2D eigenvalue weighted by Gasteiger charge is -2.17. The van der Waals surface area contributed by atoms with Gasteiger partial charge in [-0.15, -0.1) is 0 Å². The van der Waals surface area contributed by atoms with Crippen molar-refractivity contribution in [1.29, 1.82) is 0 Å². The Kier molecular flexibility index (Phi) is 6.43. The summed E-state index contributed by atoms with van der Waals surface area (Å²) in [6.07, 6.45) is 1.78. The van der Waals surface area contributed by atoms with Crippen molar-refractivity contribution in [3.05, 3.63) is 59.9 Å². The standard InChI is InChI=1S/C20H24FN3O3S/c1-23(14-16-4-6-17(21)7-5-16)15-20(25)22-18-8-10-19(11-9-18)28(26,27)24-12-2-3-13-24/h4-11H,2-3,12-15H2,1H3,(H,22,25). The normalized spacial score (nSPS) is 15.1.